The van der Waals surface area contributed by atoms with E-state index < -0.39 is 0 Å². The molecule has 0 unspecified atom stereocenters. The number of rotatable bonds is 3. The molecule has 0 saturated heterocycles. The molecule has 18 heavy (non-hydrogen) atoms. The summed E-state index contributed by atoms with van der Waals surface area (Å²) in [6.07, 6.45) is 3.79. The summed E-state index contributed by atoms with van der Waals surface area (Å²) in [5.74, 6) is 0. The molecule has 2 heteroatoms. The highest BCUT2D eigenvalue weighted by molar-refractivity contribution is 9.10. The van der Waals surface area contributed by atoms with E-state index in [0.717, 1.165) is 6.54 Å². The lowest BCUT2D eigenvalue weighted by Crippen LogP contribution is -2.00. The molecule has 0 atom stereocenters. The number of benzene rings is 2. The normalized spacial score (nSPS) is 13.4. The highest BCUT2D eigenvalue weighted by Crippen LogP contribution is 2.25. The molecule has 0 aliphatic heterocycles. The SMILES string of the molecule is Brc1ccccc1CNc1ccc2c(c1)CCC2. The van der Waals surface area contributed by atoms with Crippen LogP contribution in [0.1, 0.15) is 23.1 Å². The molecular formula is C16H16BrN. The molecule has 0 fully saturated rings. The molecule has 0 amide bonds. The van der Waals surface area contributed by atoms with Gasteiger partial charge in [0.05, 0.1) is 0 Å². The molecule has 0 aromatic heterocycles. The third-order valence-electron chi connectivity index (χ3n) is 3.54. The van der Waals surface area contributed by atoms with Crippen LogP contribution in [0.15, 0.2) is 46.9 Å². The van der Waals surface area contributed by atoms with E-state index in [1.807, 2.05) is 6.07 Å². The van der Waals surface area contributed by atoms with Crippen molar-refractivity contribution in [2.75, 3.05) is 5.32 Å². The standard InChI is InChI=1S/C16H16BrN/c17-16-7-2-1-4-14(16)11-18-15-9-8-12-5-3-6-13(12)10-15/h1-2,4,7-10,18H,3,5-6,11H2. The Morgan fingerprint density at radius 3 is 2.72 bits per heavy atom. The predicted octanol–water partition coefficient (Wildman–Crippen LogP) is 4.55. The molecule has 2 aromatic rings. The maximum absolute atomic E-state index is 3.58. The van der Waals surface area contributed by atoms with Gasteiger partial charge < -0.3 is 5.32 Å². The maximum Gasteiger partial charge on any atom is 0.0411 e. The van der Waals surface area contributed by atoms with Crippen LogP contribution in [0.5, 0.6) is 0 Å². The van der Waals surface area contributed by atoms with Crippen LogP contribution >= 0.6 is 15.9 Å². The Hall–Kier alpha value is -1.28. The summed E-state index contributed by atoms with van der Waals surface area (Å²) < 4.78 is 1.17. The molecule has 1 nitrogen and oxygen atoms in total. The minimum absolute atomic E-state index is 0.861. The van der Waals surface area contributed by atoms with Gasteiger partial charge >= 0.3 is 0 Å². The molecular weight excluding hydrogens is 286 g/mol. The molecule has 0 heterocycles. The van der Waals surface area contributed by atoms with Gasteiger partial charge in [-0.05, 0) is 54.2 Å². The molecule has 1 N–H and O–H groups in total. The lowest BCUT2D eigenvalue weighted by atomic mass is 10.1. The number of nitrogens with one attached hydrogen (secondary N) is 1. The number of aryl methyl sites for hydroxylation is 2. The summed E-state index contributed by atoms with van der Waals surface area (Å²) in [5.41, 5.74) is 5.57. The fourth-order valence-electron chi connectivity index (χ4n) is 2.52. The van der Waals surface area contributed by atoms with E-state index in [2.05, 4.69) is 57.6 Å². The van der Waals surface area contributed by atoms with Crippen LogP contribution in [0, 0.1) is 0 Å². The van der Waals surface area contributed by atoms with Gasteiger partial charge in [0.25, 0.3) is 0 Å². The van der Waals surface area contributed by atoms with Crippen LogP contribution < -0.4 is 5.32 Å². The van der Waals surface area contributed by atoms with E-state index in [0.29, 0.717) is 0 Å². The van der Waals surface area contributed by atoms with Crippen LogP contribution in [-0.2, 0) is 19.4 Å². The van der Waals surface area contributed by atoms with Crippen LogP contribution in [0.3, 0.4) is 0 Å². The van der Waals surface area contributed by atoms with Gasteiger partial charge in [-0.2, -0.15) is 0 Å². The summed E-state index contributed by atoms with van der Waals surface area (Å²) in [7, 11) is 0. The largest absolute Gasteiger partial charge is 0.381 e. The maximum atomic E-state index is 3.58. The van der Waals surface area contributed by atoms with Crippen molar-refractivity contribution in [1.29, 1.82) is 0 Å². The zero-order chi connectivity index (χ0) is 12.4. The van der Waals surface area contributed by atoms with Crippen molar-refractivity contribution < 1.29 is 0 Å². The van der Waals surface area contributed by atoms with Gasteiger partial charge in [0.15, 0.2) is 0 Å². The van der Waals surface area contributed by atoms with Crippen molar-refractivity contribution in [3.05, 3.63) is 63.6 Å². The van der Waals surface area contributed by atoms with Crippen molar-refractivity contribution in [3.8, 4) is 0 Å². The Labute approximate surface area is 116 Å². The van der Waals surface area contributed by atoms with E-state index in [-0.39, 0.29) is 0 Å². The van der Waals surface area contributed by atoms with Gasteiger partial charge in [-0.25, -0.2) is 0 Å². The van der Waals surface area contributed by atoms with Crippen molar-refractivity contribution in [3.63, 3.8) is 0 Å². The minimum atomic E-state index is 0.861. The zero-order valence-electron chi connectivity index (χ0n) is 10.2. The molecule has 0 bridgehead atoms. The topological polar surface area (TPSA) is 12.0 Å². The number of fused-ring (bicyclic) bond motifs is 1. The van der Waals surface area contributed by atoms with Crippen molar-refractivity contribution >= 4 is 21.6 Å². The molecule has 0 radical (unpaired) electrons. The third-order valence-corrected chi connectivity index (χ3v) is 4.31. The van der Waals surface area contributed by atoms with Crippen LogP contribution in [0.4, 0.5) is 5.69 Å². The van der Waals surface area contributed by atoms with Crippen molar-refractivity contribution in [1.82, 2.24) is 0 Å². The molecule has 3 rings (SSSR count). The monoisotopic (exact) mass is 301 g/mol. The summed E-state index contributed by atoms with van der Waals surface area (Å²) >= 11 is 3.58. The van der Waals surface area contributed by atoms with E-state index in [4.69, 9.17) is 0 Å². The van der Waals surface area contributed by atoms with E-state index in [1.54, 1.807) is 0 Å². The van der Waals surface area contributed by atoms with Gasteiger partial charge in [0, 0.05) is 16.7 Å². The fourth-order valence-corrected chi connectivity index (χ4v) is 2.95. The molecule has 1 aliphatic carbocycles. The Kier molecular flexibility index (Phi) is 3.37. The number of hydrogen-bond donors (Lipinski definition) is 1. The van der Waals surface area contributed by atoms with E-state index in [1.165, 1.54) is 46.1 Å². The summed E-state index contributed by atoms with van der Waals surface area (Å²) in [6.45, 7) is 0.861. The highest BCUT2D eigenvalue weighted by atomic mass is 79.9. The van der Waals surface area contributed by atoms with Gasteiger partial charge in [0.1, 0.15) is 0 Å². The lowest BCUT2D eigenvalue weighted by molar-refractivity contribution is 0.912. The summed E-state index contributed by atoms with van der Waals surface area (Å²) in [5, 5.41) is 3.50. The quantitative estimate of drug-likeness (QED) is 0.877. The third kappa shape index (κ3) is 2.44. The first-order chi connectivity index (χ1) is 8.83. The molecule has 92 valence electrons. The molecule has 1 aliphatic rings. The summed E-state index contributed by atoms with van der Waals surface area (Å²) in [6, 6.07) is 15.1. The fraction of sp³-hybridized carbons (Fsp3) is 0.250. The smallest absolute Gasteiger partial charge is 0.0411 e. The average molecular weight is 302 g/mol. The molecule has 2 aromatic carbocycles. The van der Waals surface area contributed by atoms with Gasteiger partial charge in [-0.1, -0.05) is 40.2 Å². The Morgan fingerprint density at radius 2 is 1.83 bits per heavy atom. The van der Waals surface area contributed by atoms with Crippen LogP contribution in [0.25, 0.3) is 0 Å². The zero-order valence-corrected chi connectivity index (χ0v) is 11.8. The van der Waals surface area contributed by atoms with Crippen molar-refractivity contribution in [2.45, 2.75) is 25.8 Å². The summed E-state index contributed by atoms with van der Waals surface area (Å²) in [4.78, 5) is 0. The molecule has 0 spiro atoms. The first-order valence-corrected chi connectivity index (χ1v) is 7.21. The molecule has 0 saturated carbocycles. The minimum Gasteiger partial charge on any atom is -0.381 e. The average Bonchev–Trinajstić information content (AvgIpc) is 2.85. The Bertz CT molecular complexity index is 563. The van der Waals surface area contributed by atoms with Gasteiger partial charge in [0.2, 0.25) is 0 Å². The van der Waals surface area contributed by atoms with Crippen LogP contribution in [0.2, 0.25) is 0 Å². The van der Waals surface area contributed by atoms with E-state index in [9.17, 15) is 0 Å². The number of anilines is 1. The second-order valence-corrected chi connectivity index (χ2v) is 5.64. The second-order valence-electron chi connectivity index (χ2n) is 4.78. The Balaban J connectivity index is 1.72. The first kappa shape index (κ1) is 11.8. The predicted molar refractivity (Wildman–Crippen MR) is 79.9 cm³/mol. The number of hydrogen-bond acceptors (Lipinski definition) is 1. The van der Waals surface area contributed by atoms with Crippen LogP contribution in [-0.4, -0.2) is 0 Å². The van der Waals surface area contributed by atoms with Gasteiger partial charge in [-0.3, -0.25) is 0 Å². The second kappa shape index (κ2) is 5.15. The number of halogens is 1. The van der Waals surface area contributed by atoms with Crippen molar-refractivity contribution in [2.24, 2.45) is 0 Å². The first-order valence-electron chi connectivity index (χ1n) is 6.42. The van der Waals surface area contributed by atoms with E-state index >= 15 is 0 Å². The lowest BCUT2D eigenvalue weighted by Gasteiger charge is -2.09. The van der Waals surface area contributed by atoms with Gasteiger partial charge in [-0.15, -0.1) is 0 Å². The Morgan fingerprint density at radius 1 is 1.00 bits per heavy atom. The highest BCUT2D eigenvalue weighted by Gasteiger charge is 2.10.